The maximum atomic E-state index is 10.8. The number of nitrogens with zero attached hydrogens (tertiary/aromatic N) is 1. The quantitative estimate of drug-likeness (QED) is 0.122. The topological polar surface area (TPSA) is 226 Å². The monoisotopic (exact) mass is 443 g/mol. The van der Waals surface area contributed by atoms with Gasteiger partial charge in [0.2, 0.25) is 40.2 Å². The first-order valence-corrected chi connectivity index (χ1v) is 8.83. The van der Waals surface area contributed by atoms with Crippen LogP contribution in [0.1, 0.15) is 0 Å². The molecule has 13 nitrogen and oxygen atoms in total. The fourth-order valence-electron chi connectivity index (χ4n) is 4.31. The minimum absolute atomic E-state index is 0.199. The van der Waals surface area contributed by atoms with Crippen LogP contribution in [0.2, 0.25) is 0 Å². The van der Waals surface area contributed by atoms with Gasteiger partial charge in [-0.3, -0.25) is 4.57 Å². The summed E-state index contributed by atoms with van der Waals surface area (Å²) in [4.78, 5) is 0. The summed E-state index contributed by atoms with van der Waals surface area (Å²) < 4.78 is 12.1. The van der Waals surface area contributed by atoms with Crippen molar-refractivity contribution in [3.05, 3.63) is 0 Å². The second kappa shape index (κ2) is 5.19. The van der Waals surface area contributed by atoms with E-state index in [-0.39, 0.29) is 27.5 Å². The minimum atomic E-state index is -2.43. The molecule has 3 aromatic carbocycles. The van der Waals surface area contributed by atoms with Gasteiger partial charge in [0, 0.05) is 0 Å². The van der Waals surface area contributed by atoms with E-state index in [9.17, 15) is 50.9 Å². The minimum Gasteiger partial charge on any atom is -0.507 e. The van der Waals surface area contributed by atoms with Crippen LogP contribution in [-0.4, -0.2) is 62.6 Å². The van der Waals surface area contributed by atoms with Gasteiger partial charge in [0.25, 0.3) is 0 Å². The molecule has 0 radical (unpaired) electrons. The van der Waals surface area contributed by atoms with Crippen molar-refractivity contribution in [1.29, 1.82) is 0 Å². The molecule has 3 heterocycles. The Balaban J connectivity index is 2.02. The predicted molar refractivity (Wildman–Crippen MR) is 104 cm³/mol. The summed E-state index contributed by atoms with van der Waals surface area (Å²) in [6.07, 6.45) is 0. The zero-order valence-corrected chi connectivity index (χ0v) is 15.3. The van der Waals surface area contributed by atoms with E-state index in [2.05, 4.69) is 0 Å². The molecule has 0 saturated heterocycles. The third-order valence-electron chi connectivity index (χ3n) is 5.66. The van der Waals surface area contributed by atoms with E-state index in [1.165, 1.54) is 0 Å². The Kier molecular flexibility index (Phi) is 2.96. The van der Waals surface area contributed by atoms with Crippen LogP contribution in [-0.2, 0) is 0 Å². The first kappa shape index (κ1) is 18.2. The molecule has 0 unspecified atom stereocenters. The molecule has 2 aliphatic rings. The molecule has 6 rings (SSSR count). The maximum absolute atomic E-state index is 10.8. The van der Waals surface area contributed by atoms with Crippen molar-refractivity contribution >= 4 is 34.4 Å². The van der Waals surface area contributed by atoms with E-state index in [1.54, 1.807) is 0 Å². The van der Waals surface area contributed by atoms with Crippen molar-refractivity contribution in [3.8, 4) is 74.7 Å². The summed E-state index contributed by atoms with van der Waals surface area (Å²) in [7, 11) is -2.43. The maximum Gasteiger partial charge on any atom is 0.496 e. The lowest BCUT2D eigenvalue weighted by Gasteiger charge is -2.29. The SMILES string of the molecule is OB(O)c1c(O)c2c3c(c1O)c1c(O)c(O)c(O)c4c1n3-c1c(c(O)c(O)c(O)c1O2)O4. The Morgan fingerprint density at radius 2 is 0.938 bits per heavy atom. The van der Waals surface area contributed by atoms with Crippen LogP contribution < -0.4 is 14.9 Å². The molecule has 10 N–H and O–H groups in total. The van der Waals surface area contributed by atoms with Gasteiger partial charge in [-0.2, -0.15) is 0 Å². The normalized spacial score (nSPS) is 12.9. The average molecular weight is 443 g/mol. The number of hydrogen-bond donors (Lipinski definition) is 10. The van der Waals surface area contributed by atoms with Crippen LogP contribution >= 0.6 is 0 Å². The first-order chi connectivity index (χ1) is 15.1. The van der Waals surface area contributed by atoms with Gasteiger partial charge in [-0.05, 0) is 0 Å². The van der Waals surface area contributed by atoms with Crippen molar-refractivity contribution in [3.63, 3.8) is 0 Å². The number of phenols is 8. The second-order valence-electron chi connectivity index (χ2n) is 7.23. The van der Waals surface area contributed by atoms with E-state index >= 15 is 0 Å². The summed E-state index contributed by atoms with van der Waals surface area (Å²) in [6, 6.07) is 0. The molecule has 0 amide bonds. The third-order valence-corrected chi connectivity index (χ3v) is 5.66. The second-order valence-corrected chi connectivity index (χ2v) is 7.23. The van der Waals surface area contributed by atoms with E-state index in [0.717, 1.165) is 4.57 Å². The molecule has 0 aliphatic carbocycles. The average Bonchev–Trinajstić information content (AvgIpc) is 3.11. The van der Waals surface area contributed by atoms with Crippen molar-refractivity contribution in [2.75, 3.05) is 0 Å². The van der Waals surface area contributed by atoms with Crippen molar-refractivity contribution in [1.82, 2.24) is 4.57 Å². The summed E-state index contributed by atoms with van der Waals surface area (Å²) in [5.41, 5.74) is -1.47. The highest BCUT2D eigenvalue weighted by Crippen LogP contribution is 2.67. The van der Waals surface area contributed by atoms with Crippen LogP contribution in [0.4, 0.5) is 0 Å². The van der Waals surface area contributed by atoms with Gasteiger partial charge in [0.1, 0.15) is 22.5 Å². The Hall–Kier alpha value is -4.56. The molecular formula is C18H10BNO12. The molecule has 0 saturated carbocycles. The lowest BCUT2D eigenvalue weighted by molar-refractivity contribution is 0.318. The molecule has 4 aromatic rings. The molecular weight excluding hydrogens is 433 g/mol. The Labute approximate surface area is 174 Å². The molecule has 0 spiro atoms. The lowest BCUT2D eigenvalue weighted by atomic mass is 9.77. The molecule has 32 heavy (non-hydrogen) atoms. The highest BCUT2D eigenvalue weighted by Gasteiger charge is 2.44. The van der Waals surface area contributed by atoms with Crippen LogP contribution in [0.25, 0.3) is 27.5 Å². The summed E-state index contributed by atoms with van der Waals surface area (Å²) in [5, 5.41) is 102. The predicted octanol–water partition coefficient (Wildman–Crippen LogP) is 0.320. The van der Waals surface area contributed by atoms with E-state index in [4.69, 9.17) is 9.47 Å². The van der Waals surface area contributed by atoms with Gasteiger partial charge in [-0.25, -0.2) is 0 Å². The van der Waals surface area contributed by atoms with Gasteiger partial charge >= 0.3 is 7.12 Å². The van der Waals surface area contributed by atoms with Crippen LogP contribution in [0, 0.1) is 0 Å². The summed E-state index contributed by atoms with van der Waals surface area (Å²) >= 11 is 0. The van der Waals surface area contributed by atoms with Gasteiger partial charge in [0.15, 0.2) is 23.0 Å². The van der Waals surface area contributed by atoms with Crippen LogP contribution in [0.15, 0.2) is 0 Å². The number of hydrogen-bond acceptors (Lipinski definition) is 12. The summed E-state index contributed by atoms with van der Waals surface area (Å²) in [6.45, 7) is 0. The molecule has 1 aromatic heterocycles. The number of aromatic hydroxyl groups is 8. The van der Waals surface area contributed by atoms with Gasteiger partial charge in [0.05, 0.1) is 16.2 Å². The molecule has 0 fully saturated rings. The molecule has 14 heteroatoms. The highest BCUT2D eigenvalue weighted by atomic mass is 16.5. The number of aromatic nitrogens is 1. The number of rotatable bonds is 1. The zero-order chi connectivity index (χ0) is 23.0. The molecule has 0 bridgehead atoms. The Morgan fingerprint density at radius 3 is 1.47 bits per heavy atom. The summed E-state index contributed by atoms with van der Waals surface area (Å²) in [5.74, 6) is -9.98. The number of benzene rings is 3. The van der Waals surface area contributed by atoms with Crippen molar-refractivity contribution in [2.45, 2.75) is 0 Å². The first-order valence-electron chi connectivity index (χ1n) is 8.83. The van der Waals surface area contributed by atoms with Crippen LogP contribution in [0.3, 0.4) is 0 Å². The molecule has 0 atom stereocenters. The zero-order valence-electron chi connectivity index (χ0n) is 15.3. The molecule has 2 aliphatic heterocycles. The van der Waals surface area contributed by atoms with Gasteiger partial charge in [-0.15, -0.1) is 0 Å². The third kappa shape index (κ3) is 1.67. The van der Waals surface area contributed by atoms with E-state index < -0.39 is 81.6 Å². The van der Waals surface area contributed by atoms with E-state index in [1.807, 2.05) is 0 Å². The number of phenolic OH excluding ortho intramolecular Hbond substituents is 8. The number of ether oxygens (including phenoxy) is 2. The van der Waals surface area contributed by atoms with Gasteiger partial charge < -0.3 is 60.4 Å². The van der Waals surface area contributed by atoms with Crippen LogP contribution in [0.5, 0.6) is 69.0 Å². The fraction of sp³-hybridized carbons (Fsp3) is 0. The fourth-order valence-corrected chi connectivity index (χ4v) is 4.31. The lowest BCUT2D eigenvalue weighted by Crippen LogP contribution is -2.31. The Bertz CT molecular complexity index is 1590. The van der Waals surface area contributed by atoms with E-state index in [0.29, 0.717) is 0 Å². The standard InChI is InChI=1S/C18H10BNO12/c21-7-1-2-5-16(12(26)10(24)8(2)22)32-18-6-17(13(27)11(25)14(18)28)31-15(4(1)20(5)6)9(23)3(7)19(29)30/h21-30H. The smallest absolute Gasteiger partial charge is 0.496 e. The highest BCUT2D eigenvalue weighted by molar-refractivity contribution is 6.62. The Morgan fingerprint density at radius 1 is 0.500 bits per heavy atom. The molecule has 162 valence electrons. The largest absolute Gasteiger partial charge is 0.507 e. The van der Waals surface area contributed by atoms with Crippen molar-refractivity contribution in [2.24, 2.45) is 0 Å². The van der Waals surface area contributed by atoms with Gasteiger partial charge in [-0.1, -0.05) is 0 Å². The number of fused-ring (bicyclic) bond motifs is 1. The van der Waals surface area contributed by atoms with Crippen molar-refractivity contribution < 1.29 is 60.4 Å².